The van der Waals surface area contributed by atoms with Gasteiger partial charge in [0.25, 0.3) is 0 Å². The normalized spacial score (nSPS) is 11.3. The Hall–Kier alpha value is -4.21. The Morgan fingerprint density at radius 2 is 1.83 bits per heavy atom. The van der Waals surface area contributed by atoms with Gasteiger partial charge in [0.2, 0.25) is 0 Å². The van der Waals surface area contributed by atoms with E-state index in [4.69, 9.17) is 0 Å². The number of alkyl halides is 2. The van der Waals surface area contributed by atoms with E-state index < -0.39 is 6.11 Å². The zero-order valence-electron chi connectivity index (χ0n) is 19.5. The maximum absolute atomic E-state index is 12.9. The first-order chi connectivity index (χ1) is 16.6. The number of hydrogen-bond donors (Lipinski definition) is 2. The summed E-state index contributed by atoms with van der Waals surface area (Å²) in [7, 11) is 0. The SMILES string of the molecule is Cc1cc(Nc2cc(C)[nH]n2)nc(-c2ccc(C(=O)CCc3ccc(OC(C)(F)F)cc3)nc2)n1. The monoisotopic (exact) mass is 478 g/mol. The molecule has 0 saturated heterocycles. The molecule has 4 rings (SSSR count). The minimum Gasteiger partial charge on any atom is -0.433 e. The highest BCUT2D eigenvalue weighted by atomic mass is 19.3. The third kappa shape index (κ3) is 6.66. The van der Waals surface area contributed by atoms with Crippen molar-refractivity contribution in [2.75, 3.05) is 5.32 Å². The number of ether oxygens (including phenoxy) is 1. The van der Waals surface area contributed by atoms with Crippen LogP contribution in [0.3, 0.4) is 0 Å². The standard InChI is InChI=1S/C25H24F2N6O2/c1-15-12-22(30-23-13-16(2)32-33-23)31-24(29-15)18-7-10-20(28-14-18)21(34)11-6-17-4-8-19(9-5-17)35-25(3,26)27/h4-5,7-10,12-14H,6,11H2,1-3H3,(H2,29,30,31,32,33). The Balaban J connectivity index is 1.39. The van der Waals surface area contributed by atoms with Gasteiger partial charge in [0.05, 0.1) is 0 Å². The zero-order valence-corrected chi connectivity index (χ0v) is 19.5. The number of aromatic amines is 1. The van der Waals surface area contributed by atoms with Crippen molar-refractivity contribution in [1.29, 1.82) is 0 Å². The molecule has 8 nitrogen and oxygen atoms in total. The number of halogens is 2. The molecule has 180 valence electrons. The summed E-state index contributed by atoms with van der Waals surface area (Å²) in [5.74, 6) is 1.67. The number of rotatable bonds is 9. The second-order valence-electron chi connectivity index (χ2n) is 8.19. The van der Waals surface area contributed by atoms with E-state index in [9.17, 15) is 13.6 Å². The minimum absolute atomic E-state index is 0.0704. The van der Waals surface area contributed by atoms with E-state index in [1.165, 1.54) is 12.1 Å². The number of nitrogens with one attached hydrogen (secondary N) is 2. The minimum atomic E-state index is -3.24. The van der Waals surface area contributed by atoms with Crippen LogP contribution in [-0.2, 0) is 6.42 Å². The molecular weight excluding hydrogens is 454 g/mol. The molecule has 0 unspecified atom stereocenters. The Morgan fingerprint density at radius 1 is 1.06 bits per heavy atom. The molecule has 0 aliphatic carbocycles. The number of aryl methyl sites for hydroxylation is 3. The van der Waals surface area contributed by atoms with E-state index in [1.807, 2.05) is 26.0 Å². The molecule has 10 heteroatoms. The van der Waals surface area contributed by atoms with E-state index in [-0.39, 0.29) is 18.0 Å². The number of carbonyl (C=O) groups is 1. The van der Waals surface area contributed by atoms with Crippen molar-refractivity contribution >= 4 is 17.4 Å². The van der Waals surface area contributed by atoms with Crippen molar-refractivity contribution in [3.8, 4) is 17.1 Å². The lowest BCUT2D eigenvalue weighted by atomic mass is 10.1. The Morgan fingerprint density at radius 3 is 2.46 bits per heavy atom. The number of benzene rings is 1. The summed E-state index contributed by atoms with van der Waals surface area (Å²) < 4.78 is 30.4. The number of hydrogen-bond acceptors (Lipinski definition) is 7. The quantitative estimate of drug-likeness (QED) is 0.309. The molecule has 4 aromatic rings. The Labute approximate surface area is 200 Å². The molecule has 0 amide bonds. The average Bonchev–Trinajstić information content (AvgIpc) is 3.21. The van der Waals surface area contributed by atoms with Gasteiger partial charge in [0.1, 0.15) is 17.3 Å². The summed E-state index contributed by atoms with van der Waals surface area (Å²) in [5, 5.41) is 10.2. The topological polar surface area (TPSA) is 106 Å². The predicted molar refractivity (Wildman–Crippen MR) is 127 cm³/mol. The number of H-pyrrole nitrogens is 1. The van der Waals surface area contributed by atoms with Gasteiger partial charge in [-0.2, -0.15) is 13.9 Å². The van der Waals surface area contributed by atoms with Crippen molar-refractivity contribution in [1.82, 2.24) is 25.1 Å². The van der Waals surface area contributed by atoms with Crippen molar-refractivity contribution in [3.05, 3.63) is 77.4 Å². The number of ketones is 1. The molecule has 35 heavy (non-hydrogen) atoms. The van der Waals surface area contributed by atoms with Crippen molar-refractivity contribution < 1.29 is 18.3 Å². The van der Waals surface area contributed by atoms with Gasteiger partial charge < -0.3 is 10.1 Å². The van der Waals surface area contributed by atoms with E-state index >= 15 is 0 Å². The van der Waals surface area contributed by atoms with Gasteiger partial charge in [-0.15, -0.1) is 0 Å². The van der Waals surface area contributed by atoms with Crippen LogP contribution in [0.1, 0.15) is 40.8 Å². The van der Waals surface area contributed by atoms with Crippen molar-refractivity contribution in [2.45, 2.75) is 39.7 Å². The molecule has 3 heterocycles. The van der Waals surface area contributed by atoms with Gasteiger partial charge in [-0.1, -0.05) is 12.1 Å². The van der Waals surface area contributed by atoms with Gasteiger partial charge >= 0.3 is 6.11 Å². The van der Waals surface area contributed by atoms with Crippen LogP contribution in [0.15, 0.2) is 54.7 Å². The highest BCUT2D eigenvalue weighted by molar-refractivity contribution is 5.94. The number of pyridine rings is 1. The molecule has 3 aromatic heterocycles. The molecule has 2 N–H and O–H groups in total. The van der Waals surface area contributed by atoms with Gasteiger partial charge in [0.15, 0.2) is 17.4 Å². The molecule has 0 radical (unpaired) electrons. The van der Waals surface area contributed by atoms with Crippen LogP contribution < -0.4 is 10.1 Å². The second kappa shape index (κ2) is 9.96. The summed E-state index contributed by atoms with van der Waals surface area (Å²) in [4.78, 5) is 25.9. The molecule has 0 aliphatic rings. The van der Waals surface area contributed by atoms with Crippen LogP contribution in [0.2, 0.25) is 0 Å². The number of nitrogens with zero attached hydrogens (tertiary/aromatic N) is 4. The first-order valence-electron chi connectivity index (χ1n) is 10.9. The Bertz CT molecular complexity index is 1320. The number of aromatic nitrogens is 5. The second-order valence-corrected chi connectivity index (χ2v) is 8.19. The fourth-order valence-corrected chi connectivity index (χ4v) is 3.38. The first kappa shape index (κ1) is 23.9. The maximum Gasteiger partial charge on any atom is 0.394 e. The predicted octanol–water partition coefficient (Wildman–Crippen LogP) is 5.43. The number of Topliss-reactive ketones (excluding diaryl/α,β-unsaturated/α-hetero) is 1. The molecule has 0 atom stereocenters. The summed E-state index contributed by atoms with van der Waals surface area (Å²) in [6.07, 6.45) is -0.987. The molecule has 0 spiro atoms. The van der Waals surface area contributed by atoms with Crippen LogP contribution >= 0.6 is 0 Å². The third-order valence-electron chi connectivity index (χ3n) is 4.98. The lowest BCUT2D eigenvalue weighted by molar-refractivity contribution is -0.158. The lowest BCUT2D eigenvalue weighted by Gasteiger charge is -2.13. The van der Waals surface area contributed by atoms with E-state index in [0.29, 0.717) is 42.1 Å². The maximum atomic E-state index is 12.9. The highest BCUT2D eigenvalue weighted by Crippen LogP contribution is 2.23. The third-order valence-corrected chi connectivity index (χ3v) is 4.98. The van der Waals surface area contributed by atoms with Gasteiger partial charge in [0, 0.05) is 48.6 Å². The van der Waals surface area contributed by atoms with Crippen LogP contribution in [0.4, 0.5) is 20.4 Å². The summed E-state index contributed by atoms with van der Waals surface area (Å²) in [5.41, 5.74) is 3.54. The average molecular weight is 479 g/mol. The number of carbonyl (C=O) groups excluding carboxylic acids is 1. The van der Waals surface area contributed by atoms with E-state index in [2.05, 4.69) is 35.2 Å². The van der Waals surface area contributed by atoms with Gasteiger partial charge in [-0.3, -0.25) is 14.9 Å². The molecule has 0 fully saturated rings. The van der Waals surface area contributed by atoms with Crippen LogP contribution in [0, 0.1) is 13.8 Å². The van der Waals surface area contributed by atoms with Gasteiger partial charge in [-0.05, 0) is 50.1 Å². The first-order valence-corrected chi connectivity index (χ1v) is 10.9. The zero-order chi connectivity index (χ0) is 25.0. The highest BCUT2D eigenvalue weighted by Gasteiger charge is 2.22. The van der Waals surface area contributed by atoms with Crippen molar-refractivity contribution in [2.24, 2.45) is 0 Å². The summed E-state index contributed by atoms with van der Waals surface area (Å²) >= 11 is 0. The van der Waals surface area contributed by atoms with Crippen molar-refractivity contribution in [3.63, 3.8) is 0 Å². The van der Waals surface area contributed by atoms with Gasteiger partial charge in [-0.25, -0.2) is 9.97 Å². The molecule has 1 aromatic carbocycles. The summed E-state index contributed by atoms with van der Waals surface area (Å²) in [6, 6.07) is 13.3. The fourth-order valence-electron chi connectivity index (χ4n) is 3.38. The fraction of sp³-hybridized carbons (Fsp3) is 0.240. The largest absolute Gasteiger partial charge is 0.433 e. The van der Waals surface area contributed by atoms with E-state index in [1.54, 1.807) is 30.5 Å². The van der Waals surface area contributed by atoms with Crippen LogP contribution in [0.25, 0.3) is 11.4 Å². The van der Waals surface area contributed by atoms with Crippen LogP contribution in [0.5, 0.6) is 5.75 Å². The molecule has 0 saturated carbocycles. The molecular formula is C25H24F2N6O2. The Kier molecular flexibility index (Phi) is 6.81. The lowest BCUT2D eigenvalue weighted by Crippen LogP contribution is -2.18. The number of anilines is 2. The summed E-state index contributed by atoms with van der Waals surface area (Å²) in [6.45, 7) is 4.45. The van der Waals surface area contributed by atoms with Crippen LogP contribution in [-0.4, -0.2) is 37.0 Å². The molecule has 0 bridgehead atoms. The molecule has 0 aliphatic heterocycles. The smallest absolute Gasteiger partial charge is 0.394 e. The van der Waals surface area contributed by atoms with E-state index in [0.717, 1.165) is 17.0 Å².